The zero-order valence-electron chi connectivity index (χ0n) is 9.76. The van der Waals surface area contributed by atoms with Crippen LogP contribution in [0.3, 0.4) is 0 Å². The van der Waals surface area contributed by atoms with E-state index in [9.17, 15) is 13.2 Å². The van der Waals surface area contributed by atoms with Crippen molar-refractivity contribution in [2.45, 2.75) is 24.8 Å². The van der Waals surface area contributed by atoms with E-state index in [1.54, 1.807) is 31.2 Å². The fourth-order valence-corrected chi connectivity index (χ4v) is 1.81. The van der Waals surface area contributed by atoms with E-state index in [2.05, 4.69) is 5.32 Å². The zero-order valence-corrected chi connectivity index (χ0v) is 11.4. The molecule has 1 N–H and O–H groups in total. The first kappa shape index (κ1) is 15.9. The lowest BCUT2D eigenvalue weighted by atomic mass is 10.2. The summed E-state index contributed by atoms with van der Waals surface area (Å²) in [5.41, 5.74) is 0.884. The molecule has 0 heterocycles. The number of nitrogens with one attached hydrogen (secondary N) is 1. The standard InChI is InChI=1S/C11H15NO3S.ClH/c1-3-11(13)12-8-9-4-6-10(7-5-9)16(2,14)15;/h4-7H,3,8H2,1-2H3,(H,12,13);1H. The number of sulfone groups is 1. The molecule has 0 radical (unpaired) electrons. The summed E-state index contributed by atoms with van der Waals surface area (Å²) in [6.45, 7) is 2.21. The van der Waals surface area contributed by atoms with E-state index in [1.807, 2.05) is 0 Å². The molecule has 0 spiro atoms. The zero-order chi connectivity index (χ0) is 12.2. The number of amides is 1. The highest BCUT2D eigenvalue weighted by molar-refractivity contribution is 7.90. The molecule has 1 aromatic rings. The highest BCUT2D eigenvalue weighted by Crippen LogP contribution is 2.10. The summed E-state index contributed by atoms with van der Waals surface area (Å²) in [5.74, 6) is -0.0211. The minimum absolute atomic E-state index is 0. The van der Waals surface area contributed by atoms with Crippen LogP contribution in [0, 0.1) is 0 Å². The second kappa shape index (κ2) is 6.61. The molecule has 0 aliphatic heterocycles. The highest BCUT2D eigenvalue weighted by Gasteiger charge is 2.06. The quantitative estimate of drug-likeness (QED) is 0.908. The SMILES string of the molecule is CCC(=O)NCc1ccc(S(C)(=O)=O)cc1.Cl. The van der Waals surface area contributed by atoms with E-state index in [0.717, 1.165) is 5.56 Å². The van der Waals surface area contributed by atoms with Gasteiger partial charge in [-0.05, 0) is 17.7 Å². The van der Waals surface area contributed by atoms with Gasteiger partial charge in [0.25, 0.3) is 0 Å². The molecule has 4 nitrogen and oxygen atoms in total. The van der Waals surface area contributed by atoms with Crippen LogP contribution in [0.25, 0.3) is 0 Å². The van der Waals surface area contributed by atoms with Crippen LogP contribution < -0.4 is 5.32 Å². The Hall–Kier alpha value is -1.07. The summed E-state index contributed by atoms with van der Waals surface area (Å²) in [5, 5.41) is 2.72. The number of carbonyl (C=O) groups is 1. The van der Waals surface area contributed by atoms with Crippen LogP contribution in [0.1, 0.15) is 18.9 Å². The summed E-state index contributed by atoms with van der Waals surface area (Å²) in [6, 6.07) is 6.49. The Balaban J connectivity index is 0.00000256. The third-order valence-electron chi connectivity index (χ3n) is 2.16. The van der Waals surface area contributed by atoms with E-state index in [-0.39, 0.29) is 23.2 Å². The molecular weight excluding hydrogens is 262 g/mol. The van der Waals surface area contributed by atoms with Gasteiger partial charge in [0, 0.05) is 19.2 Å². The van der Waals surface area contributed by atoms with E-state index in [4.69, 9.17) is 0 Å². The van der Waals surface area contributed by atoms with Gasteiger partial charge in [-0.3, -0.25) is 4.79 Å². The van der Waals surface area contributed by atoms with E-state index in [0.29, 0.717) is 13.0 Å². The maximum Gasteiger partial charge on any atom is 0.219 e. The second-order valence-corrected chi connectivity index (χ2v) is 5.56. The molecule has 0 saturated heterocycles. The van der Waals surface area contributed by atoms with Crippen LogP contribution in [0.5, 0.6) is 0 Å². The lowest BCUT2D eigenvalue weighted by Crippen LogP contribution is -2.21. The van der Waals surface area contributed by atoms with Crippen LogP contribution in [-0.4, -0.2) is 20.6 Å². The van der Waals surface area contributed by atoms with Crippen molar-refractivity contribution in [2.75, 3.05) is 6.26 Å². The molecule has 1 aromatic carbocycles. The molecule has 1 rings (SSSR count). The lowest BCUT2D eigenvalue weighted by Gasteiger charge is -2.04. The Morgan fingerprint density at radius 1 is 1.24 bits per heavy atom. The van der Waals surface area contributed by atoms with Crippen molar-refractivity contribution in [1.82, 2.24) is 5.32 Å². The molecule has 96 valence electrons. The minimum atomic E-state index is -3.14. The number of benzene rings is 1. The molecule has 0 fully saturated rings. The minimum Gasteiger partial charge on any atom is -0.352 e. The van der Waals surface area contributed by atoms with Crippen molar-refractivity contribution < 1.29 is 13.2 Å². The third-order valence-corrected chi connectivity index (χ3v) is 3.29. The second-order valence-electron chi connectivity index (χ2n) is 3.55. The predicted molar refractivity (Wildman–Crippen MR) is 68.9 cm³/mol. The first-order valence-electron chi connectivity index (χ1n) is 4.99. The molecule has 0 bridgehead atoms. The van der Waals surface area contributed by atoms with Gasteiger partial charge in [-0.2, -0.15) is 0 Å². The Morgan fingerprint density at radius 2 is 1.76 bits per heavy atom. The van der Waals surface area contributed by atoms with Crippen LogP contribution in [-0.2, 0) is 21.2 Å². The van der Waals surface area contributed by atoms with Crippen molar-refractivity contribution in [3.63, 3.8) is 0 Å². The monoisotopic (exact) mass is 277 g/mol. The molecule has 0 aliphatic carbocycles. The average molecular weight is 278 g/mol. The number of halogens is 1. The fraction of sp³-hybridized carbons (Fsp3) is 0.364. The van der Waals surface area contributed by atoms with Gasteiger partial charge < -0.3 is 5.32 Å². The summed E-state index contributed by atoms with van der Waals surface area (Å²) in [6.07, 6.45) is 1.61. The molecule has 1 amide bonds. The Labute approximate surface area is 108 Å². The van der Waals surface area contributed by atoms with Gasteiger partial charge in [-0.15, -0.1) is 12.4 Å². The van der Waals surface area contributed by atoms with Gasteiger partial charge in [0.1, 0.15) is 0 Å². The van der Waals surface area contributed by atoms with Gasteiger partial charge >= 0.3 is 0 Å². The number of rotatable bonds is 4. The summed E-state index contributed by atoms with van der Waals surface area (Å²) in [7, 11) is -3.14. The maximum absolute atomic E-state index is 11.2. The maximum atomic E-state index is 11.2. The summed E-state index contributed by atoms with van der Waals surface area (Å²) < 4.78 is 22.4. The van der Waals surface area contributed by atoms with E-state index in [1.165, 1.54) is 6.26 Å². The largest absolute Gasteiger partial charge is 0.352 e. The van der Waals surface area contributed by atoms with Crippen LogP contribution >= 0.6 is 12.4 Å². The Morgan fingerprint density at radius 3 is 2.18 bits per heavy atom. The predicted octanol–water partition coefficient (Wildman–Crippen LogP) is 1.54. The van der Waals surface area contributed by atoms with Gasteiger partial charge in [-0.25, -0.2) is 8.42 Å². The van der Waals surface area contributed by atoms with Crippen molar-refractivity contribution >= 4 is 28.2 Å². The first-order chi connectivity index (χ1) is 7.43. The molecule has 0 aromatic heterocycles. The molecule has 0 saturated carbocycles. The van der Waals surface area contributed by atoms with Gasteiger partial charge in [0.05, 0.1) is 4.90 Å². The number of carbonyl (C=O) groups excluding carboxylic acids is 1. The Kier molecular flexibility index (Phi) is 6.20. The smallest absolute Gasteiger partial charge is 0.219 e. The normalized spacial score (nSPS) is 10.5. The third kappa shape index (κ3) is 5.19. The number of hydrogen-bond donors (Lipinski definition) is 1. The van der Waals surface area contributed by atoms with Gasteiger partial charge in [0.2, 0.25) is 5.91 Å². The van der Waals surface area contributed by atoms with E-state index < -0.39 is 9.84 Å². The van der Waals surface area contributed by atoms with Crippen LogP contribution in [0.4, 0.5) is 0 Å². The molecule has 17 heavy (non-hydrogen) atoms. The highest BCUT2D eigenvalue weighted by atomic mass is 35.5. The molecule has 0 atom stereocenters. The van der Waals surface area contributed by atoms with Gasteiger partial charge in [-0.1, -0.05) is 19.1 Å². The lowest BCUT2D eigenvalue weighted by molar-refractivity contribution is -0.120. The van der Waals surface area contributed by atoms with E-state index >= 15 is 0 Å². The van der Waals surface area contributed by atoms with Crippen molar-refractivity contribution in [3.8, 4) is 0 Å². The molecule has 0 unspecified atom stereocenters. The van der Waals surface area contributed by atoms with Crippen molar-refractivity contribution in [1.29, 1.82) is 0 Å². The Bertz CT molecular complexity index is 468. The first-order valence-corrected chi connectivity index (χ1v) is 6.88. The summed E-state index contributed by atoms with van der Waals surface area (Å²) >= 11 is 0. The van der Waals surface area contributed by atoms with Gasteiger partial charge in [0.15, 0.2) is 9.84 Å². The molecular formula is C11H16ClNO3S. The average Bonchev–Trinajstić information content (AvgIpc) is 2.25. The summed E-state index contributed by atoms with van der Waals surface area (Å²) in [4.78, 5) is 11.3. The topological polar surface area (TPSA) is 63.2 Å². The van der Waals surface area contributed by atoms with Crippen molar-refractivity contribution in [2.24, 2.45) is 0 Å². The number of hydrogen-bond acceptors (Lipinski definition) is 3. The fourth-order valence-electron chi connectivity index (χ4n) is 1.18. The molecule has 6 heteroatoms. The van der Waals surface area contributed by atoms with Crippen LogP contribution in [0.15, 0.2) is 29.2 Å². The van der Waals surface area contributed by atoms with Crippen LogP contribution in [0.2, 0.25) is 0 Å². The molecule has 0 aliphatic rings. The van der Waals surface area contributed by atoms with Crippen molar-refractivity contribution in [3.05, 3.63) is 29.8 Å².